The van der Waals surface area contributed by atoms with Gasteiger partial charge < -0.3 is 35.8 Å². The van der Waals surface area contributed by atoms with E-state index in [2.05, 4.69) is 5.32 Å². The smallest absolute Gasteiger partial charge is 0.243 e. The van der Waals surface area contributed by atoms with E-state index < -0.39 is 36.2 Å². The molecule has 1 fully saturated rings. The second-order valence-electron chi connectivity index (χ2n) is 8.48. The van der Waals surface area contributed by atoms with Gasteiger partial charge in [0.1, 0.15) is 23.9 Å². The molecule has 1 amide bonds. The van der Waals surface area contributed by atoms with Crippen LogP contribution in [0.5, 0.6) is 0 Å². The van der Waals surface area contributed by atoms with Crippen LogP contribution in [0.3, 0.4) is 0 Å². The highest BCUT2D eigenvalue weighted by Crippen LogP contribution is 2.23. The number of hydrogen-bond donors (Lipinski definition) is 5. The number of allylic oxidation sites excluding steroid dienone is 10. The van der Waals surface area contributed by atoms with Gasteiger partial charge in [-0.25, -0.2) is 0 Å². The second-order valence-corrected chi connectivity index (χ2v) is 8.48. The number of ether oxygens (including phenoxy) is 2. The first-order valence-corrected chi connectivity index (χ1v) is 11.3. The number of carbonyl (C=O) groups is 1. The van der Waals surface area contributed by atoms with Crippen molar-refractivity contribution < 1.29 is 29.6 Å². The Kier molecular flexibility index (Phi) is 11.4. The number of rotatable bonds is 2. The van der Waals surface area contributed by atoms with Gasteiger partial charge in [0.2, 0.25) is 5.91 Å². The third-order valence-electron chi connectivity index (χ3n) is 5.28. The third kappa shape index (κ3) is 9.34. The minimum Gasteiger partial charge on any atom is -0.389 e. The molecule has 7 atom stereocenters. The predicted octanol–water partition coefficient (Wildman–Crippen LogP) is 1.19. The van der Waals surface area contributed by atoms with E-state index in [0.29, 0.717) is 6.54 Å². The predicted molar refractivity (Wildman–Crippen MR) is 131 cm³/mol. The molecule has 186 valence electrons. The molecule has 0 aromatic rings. The lowest BCUT2D eigenvalue weighted by Gasteiger charge is -2.39. The summed E-state index contributed by atoms with van der Waals surface area (Å²) < 4.78 is 11.3. The van der Waals surface area contributed by atoms with Crippen molar-refractivity contribution in [2.24, 2.45) is 11.7 Å². The van der Waals surface area contributed by atoms with E-state index in [0.717, 1.165) is 0 Å². The van der Waals surface area contributed by atoms with Crippen LogP contribution in [0.25, 0.3) is 0 Å². The number of amides is 1. The van der Waals surface area contributed by atoms with Gasteiger partial charge in [-0.15, -0.1) is 0 Å². The zero-order chi connectivity index (χ0) is 25.0. The van der Waals surface area contributed by atoms with Gasteiger partial charge in [-0.05, 0) is 12.8 Å². The van der Waals surface area contributed by atoms with Gasteiger partial charge in [-0.1, -0.05) is 85.9 Å². The maximum absolute atomic E-state index is 12.0. The van der Waals surface area contributed by atoms with Gasteiger partial charge in [-0.3, -0.25) is 4.79 Å². The van der Waals surface area contributed by atoms with Gasteiger partial charge in [-0.2, -0.15) is 0 Å². The summed E-state index contributed by atoms with van der Waals surface area (Å²) in [4.78, 5) is 12.0. The topological polar surface area (TPSA) is 134 Å². The molecule has 8 nitrogen and oxygen atoms in total. The highest BCUT2D eigenvalue weighted by Gasteiger charge is 2.40. The van der Waals surface area contributed by atoms with Crippen LogP contribution in [0, 0.1) is 5.92 Å². The molecule has 0 bridgehead atoms. The van der Waals surface area contributed by atoms with Gasteiger partial charge in [0.15, 0.2) is 6.29 Å². The number of carbonyl (C=O) groups excluding carboxylic acids is 1. The fourth-order valence-corrected chi connectivity index (χ4v) is 3.15. The average molecular weight is 473 g/mol. The minimum atomic E-state index is -1.51. The van der Waals surface area contributed by atoms with Crippen LogP contribution in [0.1, 0.15) is 13.8 Å². The second kappa shape index (κ2) is 14.0. The molecule has 0 unspecified atom stereocenters. The summed E-state index contributed by atoms with van der Waals surface area (Å²) in [5, 5.41) is 33.7. The van der Waals surface area contributed by atoms with Crippen molar-refractivity contribution >= 4 is 5.91 Å². The van der Waals surface area contributed by atoms with Gasteiger partial charge >= 0.3 is 0 Å². The Morgan fingerprint density at radius 1 is 1.03 bits per heavy atom. The molecule has 0 aromatic heterocycles. The Bertz CT molecular complexity index is 855. The van der Waals surface area contributed by atoms with Gasteiger partial charge in [0.05, 0.1) is 12.6 Å². The fourth-order valence-electron chi connectivity index (χ4n) is 3.15. The molecule has 6 N–H and O–H groups in total. The summed E-state index contributed by atoms with van der Waals surface area (Å²) in [6.07, 6.45) is 20.1. The molecule has 0 saturated carbocycles. The number of aliphatic hydroxyl groups excluding tert-OH is 2. The van der Waals surface area contributed by atoms with Crippen molar-refractivity contribution in [2.75, 3.05) is 13.2 Å². The molecule has 0 aliphatic carbocycles. The van der Waals surface area contributed by atoms with E-state index in [1.807, 2.05) is 49.5 Å². The third-order valence-corrected chi connectivity index (χ3v) is 5.28. The van der Waals surface area contributed by atoms with E-state index in [9.17, 15) is 20.1 Å². The maximum atomic E-state index is 12.0. The average Bonchev–Trinajstić information content (AvgIpc) is 2.80. The van der Waals surface area contributed by atoms with Crippen LogP contribution in [0.4, 0.5) is 0 Å². The first kappa shape index (κ1) is 27.7. The molecule has 8 heteroatoms. The van der Waals surface area contributed by atoms with E-state index in [-0.39, 0.29) is 18.4 Å². The SMILES string of the molecule is C[C@H]1\C=C/C=C/C=C\C=C\C=C/[C@@H](O[C@H]2OC[C@H](O)[C@@H](O)[C@@H]2N)[C@@](C)(O)/C=C/C=C/C(=O)NC1. The Balaban J connectivity index is 2.23. The number of hydrogen-bond acceptors (Lipinski definition) is 7. The van der Waals surface area contributed by atoms with Gasteiger partial charge in [0.25, 0.3) is 0 Å². The Morgan fingerprint density at radius 3 is 2.32 bits per heavy atom. The van der Waals surface area contributed by atoms with E-state index in [4.69, 9.17) is 15.2 Å². The number of aliphatic hydroxyl groups is 3. The van der Waals surface area contributed by atoms with Crippen molar-refractivity contribution in [2.45, 2.75) is 50.1 Å². The summed E-state index contributed by atoms with van der Waals surface area (Å²) >= 11 is 0. The molecule has 0 aromatic carbocycles. The molecule has 2 heterocycles. The van der Waals surface area contributed by atoms with Crippen molar-refractivity contribution in [1.82, 2.24) is 5.32 Å². The molecular formula is C26H36N2O6. The Labute approximate surface area is 201 Å². The first-order valence-electron chi connectivity index (χ1n) is 11.3. The molecule has 0 radical (unpaired) electrons. The summed E-state index contributed by atoms with van der Waals surface area (Å²) in [6.45, 7) is 3.90. The molecule has 34 heavy (non-hydrogen) atoms. The largest absolute Gasteiger partial charge is 0.389 e. The minimum absolute atomic E-state index is 0.141. The number of nitrogens with two attached hydrogens (primary N) is 1. The Morgan fingerprint density at radius 2 is 1.65 bits per heavy atom. The van der Waals surface area contributed by atoms with Gasteiger partial charge in [0, 0.05) is 12.6 Å². The van der Waals surface area contributed by atoms with Crippen LogP contribution in [0.2, 0.25) is 0 Å². The molecule has 2 aliphatic rings. The molecule has 2 aliphatic heterocycles. The van der Waals surface area contributed by atoms with Crippen molar-refractivity contribution in [1.29, 1.82) is 0 Å². The van der Waals surface area contributed by atoms with Crippen LogP contribution in [-0.4, -0.2) is 70.6 Å². The first-order chi connectivity index (χ1) is 16.2. The monoisotopic (exact) mass is 472 g/mol. The lowest BCUT2D eigenvalue weighted by molar-refractivity contribution is -0.251. The summed E-state index contributed by atoms with van der Waals surface area (Å²) in [5.41, 5.74) is 4.46. The molecule has 0 spiro atoms. The lowest BCUT2D eigenvalue weighted by Crippen LogP contribution is -2.59. The van der Waals surface area contributed by atoms with E-state index >= 15 is 0 Å². The van der Waals surface area contributed by atoms with Crippen molar-refractivity contribution in [3.8, 4) is 0 Å². The highest BCUT2D eigenvalue weighted by atomic mass is 16.7. The van der Waals surface area contributed by atoms with Crippen LogP contribution in [0.15, 0.2) is 85.1 Å². The summed E-state index contributed by atoms with van der Waals surface area (Å²) in [7, 11) is 0. The van der Waals surface area contributed by atoms with E-state index in [1.165, 1.54) is 18.2 Å². The highest BCUT2D eigenvalue weighted by molar-refractivity contribution is 5.87. The van der Waals surface area contributed by atoms with Crippen molar-refractivity contribution in [3.63, 3.8) is 0 Å². The van der Waals surface area contributed by atoms with Crippen LogP contribution >= 0.6 is 0 Å². The Hall–Kier alpha value is -2.59. The normalized spacial score (nSPS) is 42.5. The lowest BCUT2D eigenvalue weighted by atomic mass is 9.96. The maximum Gasteiger partial charge on any atom is 0.243 e. The van der Waals surface area contributed by atoms with E-state index in [1.54, 1.807) is 31.2 Å². The summed E-state index contributed by atoms with van der Waals surface area (Å²) in [5.74, 6) is -0.0758. The zero-order valence-electron chi connectivity index (χ0n) is 19.6. The van der Waals surface area contributed by atoms with Crippen LogP contribution < -0.4 is 11.1 Å². The fraction of sp³-hybridized carbons (Fsp3) is 0.423. The molecule has 2 rings (SSSR count). The van der Waals surface area contributed by atoms with Crippen molar-refractivity contribution in [3.05, 3.63) is 85.1 Å². The number of nitrogens with one attached hydrogen (secondary N) is 1. The zero-order valence-corrected chi connectivity index (χ0v) is 19.6. The quantitative estimate of drug-likeness (QED) is 0.407. The molecule has 1 saturated heterocycles. The van der Waals surface area contributed by atoms with Crippen LogP contribution in [-0.2, 0) is 14.3 Å². The molecular weight excluding hydrogens is 436 g/mol. The summed E-state index contributed by atoms with van der Waals surface area (Å²) in [6, 6.07) is -0.997. The standard InChI is InChI=1S/C26H36N2O6/c1-19-13-9-7-5-3-4-6-8-10-14-21(34-25-23(27)24(31)20(29)18-33-25)26(2,32)16-12-11-15-22(30)28-17-19/h3-16,19-21,23-25,29,31-32H,17-18,27H2,1-2H3,(H,28,30)/b4-3-,7-5+,8-6+,13-9-,14-10-,15-11+,16-12+/t19-,20-,21+,23-,24+,25+,26-/m0/s1.